The molecule has 2 unspecified atom stereocenters. The minimum atomic E-state index is -1.69. The van der Waals surface area contributed by atoms with Crippen LogP contribution in [0.5, 0.6) is 0 Å². The van der Waals surface area contributed by atoms with Gasteiger partial charge in [-0.05, 0) is 44.1 Å². The fraction of sp³-hybridized carbons (Fsp3) is 0.632. The van der Waals surface area contributed by atoms with E-state index in [2.05, 4.69) is 11.8 Å². The lowest BCUT2D eigenvalue weighted by Gasteiger charge is -2.31. The van der Waals surface area contributed by atoms with Crippen LogP contribution in [0.3, 0.4) is 0 Å². The summed E-state index contributed by atoms with van der Waals surface area (Å²) in [5.41, 5.74) is -1.57. The molecule has 0 amide bonds. The molecule has 6 heteroatoms. The first-order valence-corrected chi connectivity index (χ1v) is 8.59. The summed E-state index contributed by atoms with van der Waals surface area (Å²) in [5.74, 6) is 2.45. The molecule has 0 saturated heterocycles. The molecule has 0 aliphatic heterocycles. The first kappa shape index (κ1) is 19.2. The molecule has 0 fully saturated rings. The SMILES string of the molecule is COC(=O)C1=C2CCCCC#CCCCCC2(O)C(C(=O)OC)C1=O. The molecule has 1 N–H and O–H groups in total. The van der Waals surface area contributed by atoms with Gasteiger partial charge in [-0.3, -0.25) is 9.59 Å². The number of carbonyl (C=O) groups is 3. The fourth-order valence-corrected chi connectivity index (χ4v) is 3.58. The van der Waals surface area contributed by atoms with E-state index in [1.807, 2.05) is 0 Å². The summed E-state index contributed by atoms with van der Waals surface area (Å²) < 4.78 is 9.46. The first-order chi connectivity index (χ1) is 12.0. The molecule has 2 aliphatic carbocycles. The maximum atomic E-state index is 12.8. The number of fused-ring (bicyclic) bond motifs is 1. The minimum absolute atomic E-state index is 0.191. The summed E-state index contributed by atoms with van der Waals surface area (Å²) >= 11 is 0. The number of ether oxygens (including phenoxy) is 2. The minimum Gasteiger partial charge on any atom is -0.468 e. The largest absolute Gasteiger partial charge is 0.468 e. The average molecular weight is 348 g/mol. The fourth-order valence-electron chi connectivity index (χ4n) is 3.58. The number of aliphatic hydroxyl groups is 1. The molecule has 2 atom stereocenters. The Balaban J connectivity index is 2.49. The second-order valence-electron chi connectivity index (χ2n) is 6.36. The van der Waals surface area contributed by atoms with Crippen molar-refractivity contribution in [3.63, 3.8) is 0 Å². The van der Waals surface area contributed by atoms with Gasteiger partial charge in [0.1, 0.15) is 11.2 Å². The third kappa shape index (κ3) is 3.77. The van der Waals surface area contributed by atoms with Crippen LogP contribution in [-0.2, 0) is 23.9 Å². The number of ketones is 1. The molecular formula is C19H24O6. The van der Waals surface area contributed by atoms with E-state index in [-0.39, 0.29) is 12.0 Å². The third-order valence-corrected chi connectivity index (χ3v) is 4.85. The number of hydrogen-bond acceptors (Lipinski definition) is 6. The van der Waals surface area contributed by atoms with Crippen molar-refractivity contribution in [2.75, 3.05) is 14.2 Å². The number of methoxy groups -OCH3 is 2. The van der Waals surface area contributed by atoms with Crippen LogP contribution < -0.4 is 0 Å². The monoisotopic (exact) mass is 348 g/mol. The van der Waals surface area contributed by atoms with Crippen LogP contribution in [0.1, 0.15) is 51.4 Å². The van der Waals surface area contributed by atoms with Crippen molar-refractivity contribution in [2.45, 2.75) is 57.0 Å². The van der Waals surface area contributed by atoms with Gasteiger partial charge in [-0.15, -0.1) is 11.8 Å². The van der Waals surface area contributed by atoms with Crippen LogP contribution in [0.15, 0.2) is 11.1 Å². The molecule has 0 radical (unpaired) electrons. The quantitative estimate of drug-likeness (QED) is 0.353. The van der Waals surface area contributed by atoms with Gasteiger partial charge in [-0.2, -0.15) is 0 Å². The third-order valence-electron chi connectivity index (χ3n) is 4.85. The highest BCUT2D eigenvalue weighted by molar-refractivity contribution is 6.26. The molecule has 0 bridgehead atoms. The number of hydrogen-bond donors (Lipinski definition) is 1. The van der Waals surface area contributed by atoms with Crippen molar-refractivity contribution in [3.05, 3.63) is 11.1 Å². The zero-order chi connectivity index (χ0) is 18.4. The van der Waals surface area contributed by atoms with Crippen LogP contribution in [-0.4, -0.2) is 42.6 Å². The zero-order valence-electron chi connectivity index (χ0n) is 14.7. The molecule has 2 aliphatic rings. The van der Waals surface area contributed by atoms with E-state index in [4.69, 9.17) is 9.47 Å². The molecule has 6 nitrogen and oxygen atoms in total. The van der Waals surface area contributed by atoms with Gasteiger partial charge in [0.15, 0.2) is 11.7 Å². The lowest BCUT2D eigenvalue weighted by atomic mass is 9.79. The summed E-state index contributed by atoms with van der Waals surface area (Å²) in [4.78, 5) is 37.1. The normalized spacial score (nSPS) is 27.3. The molecular weight excluding hydrogens is 324 g/mol. The van der Waals surface area contributed by atoms with E-state index in [0.29, 0.717) is 31.3 Å². The molecule has 0 aromatic heterocycles. The topological polar surface area (TPSA) is 89.9 Å². The molecule has 25 heavy (non-hydrogen) atoms. The maximum Gasteiger partial charge on any atom is 0.341 e. The van der Waals surface area contributed by atoms with Gasteiger partial charge < -0.3 is 14.6 Å². The molecule has 2 rings (SSSR count). The number of carbonyl (C=O) groups excluding carboxylic acids is 3. The summed E-state index contributed by atoms with van der Waals surface area (Å²) in [6.07, 6.45) is 4.77. The maximum absolute atomic E-state index is 12.8. The van der Waals surface area contributed by atoms with Crippen molar-refractivity contribution >= 4 is 17.7 Å². The lowest BCUT2D eigenvalue weighted by Crippen LogP contribution is -2.44. The van der Waals surface area contributed by atoms with Gasteiger partial charge in [0, 0.05) is 12.8 Å². The molecule has 136 valence electrons. The number of esters is 2. The van der Waals surface area contributed by atoms with Crippen LogP contribution in [0.2, 0.25) is 0 Å². The average Bonchev–Trinajstić information content (AvgIpc) is 2.81. The van der Waals surface area contributed by atoms with Gasteiger partial charge in [0.2, 0.25) is 0 Å². The smallest absolute Gasteiger partial charge is 0.341 e. The summed E-state index contributed by atoms with van der Waals surface area (Å²) in [6.45, 7) is 0. The highest BCUT2D eigenvalue weighted by Gasteiger charge is 2.57. The second kappa shape index (κ2) is 8.30. The van der Waals surface area contributed by atoms with Crippen LogP contribution >= 0.6 is 0 Å². The van der Waals surface area contributed by atoms with E-state index >= 15 is 0 Å². The van der Waals surface area contributed by atoms with Gasteiger partial charge in [0.05, 0.1) is 14.2 Å². The molecule has 0 spiro atoms. The Kier molecular flexibility index (Phi) is 6.38. The van der Waals surface area contributed by atoms with Gasteiger partial charge in [-0.25, -0.2) is 4.79 Å². The van der Waals surface area contributed by atoms with Crippen molar-refractivity contribution in [1.29, 1.82) is 0 Å². The number of Topliss-reactive ketones (excluding diaryl/α,β-unsaturated/α-hetero) is 1. The Hall–Kier alpha value is -2.13. The summed E-state index contributed by atoms with van der Waals surface area (Å²) in [5, 5.41) is 11.3. The van der Waals surface area contributed by atoms with Gasteiger partial charge in [-0.1, -0.05) is 0 Å². The van der Waals surface area contributed by atoms with E-state index in [0.717, 1.165) is 19.3 Å². The highest BCUT2D eigenvalue weighted by atomic mass is 16.5. The Morgan fingerprint density at radius 2 is 1.72 bits per heavy atom. The second-order valence-corrected chi connectivity index (χ2v) is 6.36. The van der Waals surface area contributed by atoms with Crippen molar-refractivity contribution in [1.82, 2.24) is 0 Å². The molecule has 0 aromatic rings. The van der Waals surface area contributed by atoms with E-state index < -0.39 is 29.2 Å². The van der Waals surface area contributed by atoms with Gasteiger partial charge >= 0.3 is 11.9 Å². The Morgan fingerprint density at radius 1 is 1.08 bits per heavy atom. The predicted octanol–water partition coefficient (Wildman–Crippen LogP) is 1.70. The zero-order valence-corrected chi connectivity index (χ0v) is 14.7. The molecule has 0 saturated carbocycles. The van der Waals surface area contributed by atoms with Crippen molar-refractivity contribution in [2.24, 2.45) is 5.92 Å². The Labute approximate surface area is 147 Å². The standard InChI is InChI=1S/C19H24O6/c1-24-17(21)14-13-11-9-7-5-3-4-6-8-10-12-19(13,23)15(16(14)20)18(22)25-2/h15,23H,5-12H2,1-2H3. The first-order valence-electron chi connectivity index (χ1n) is 8.59. The van der Waals surface area contributed by atoms with Crippen molar-refractivity contribution < 1.29 is 29.0 Å². The molecule has 0 heterocycles. The summed E-state index contributed by atoms with van der Waals surface area (Å²) in [7, 11) is 2.35. The van der Waals surface area contributed by atoms with Crippen LogP contribution in [0, 0.1) is 17.8 Å². The van der Waals surface area contributed by atoms with Gasteiger partial charge in [0.25, 0.3) is 0 Å². The van der Waals surface area contributed by atoms with Crippen molar-refractivity contribution in [3.8, 4) is 11.8 Å². The van der Waals surface area contributed by atoms with Crippen LogP contribution in [0.4, 0.5) is 0 Å². The lowest BCUT2D eigenvalue weighted by molar-refractivity contribution is -0.156. The van der Waals surface area contributed by atoms with E-state index in [1.54, 1.807) is 0 Å². The highest BCUT2D eigenvalue weighted by Crippen LogP contribution is 2.45. The predicted molar refractivity (Wildman–Crippen MR) is 89.2 cm³/mol. The summed E-state index contributed by atoms with van der Waals surface area (Å²) in [6, 6.07) is 0. The number of rotatable bonds is 2. The van der Waals surface area contributed by atoms with E-state index in [9.17, 15) is 19.5 Å². The molecule has 0 aromatic carbocycles. The Morgan fingerprint density at radius 3 is 2.32 bits per heavy atom. The van der Waals surface area contributed by atoms with E-state index in [1.165, 1.54) is 14.2 Å². The van der Waals surface area contributed by atoms with Crippen LogP contribution in [0.25, 0.3) is 0 Å². The Bertz CT molecular complexity index is 651.